The average molecular weight is 239 g/mol. The number of halogens is 1. The highest BCUT2D eigenvalue weighted by molar-refractivity contribution is 5.31. The third-order valence-corrected chi connectivity index (χ3v) is 3.35. The van der Waals surface area contributed by atoms with Crippen LogP contribution in [0.15, 0.2) is 18.2 Å². The van der Waals surface area contributed by atoms with E-state index in [1.54, 1.807) is 18.2 Å². The van der Waals surface area contributed by atoms with Crippen molar-refractivity contribution in [2.75, 3.05) is 20.2 Å². The summed E-state index contributed by atoms with van der Waals surface area (Å²) in [6, 6.07) is 5.14. The third-order valence-electron chi connectivity index (χ3n) is 3.35. The van der Waals surface area contributed by atoms with Gasteiger partial charge in [0.2, 0.25) is 0 Å². The zero-order valence-corrected chi connectivity index (χ0v) is 10.2. The summed E-state index contributed by atoms with van der Waals surface area (Å²) in [6.07, 6.45) is 0.740. The van der Waals surface area contributed by atoms with Crippen LogP contribution in [0.1, 0.15) is 18.9 Å². The fourth-order valence-corrected chi connectivity index (χ4v) is 2.20. The van der Waals surface area contributed by atoms with E-state index in [2.05, 4.69) is 0 Å². The molecule has 0 saturated carbocycles. The number of hydrogen-bond acceptors (Lipinski definition) is 3. The van der Waals surface area contributed by atoms with Crippen molar-refractivity contribution in [3.05, 3.63) is 29.6 Å². The standard InChI is InChI=1S/C13H18FNO2/c1-3-13(16)8-15(9-13)7-10-5-4-6-11(17-2)12(10)14/h4-6,16H,3,7-9H2,1-2H3. The van der Waals surface area contributed by atoms with Gasteiger partial charge in [-0.1, -0.05) is 19.1 Å². The minimum Gasteiger partial charge on any atom is -0.494 e. The van der Waals surface area contributed by atoms with Gasteiger partial charge in [-0.3, -0.25) is 4.90 Å². The molecule has 1 heterocycles. The van der Waals surface area contributed by atoms with Crippen molar-refractivity contribution in [3.8, 4) is 5.75 Å². The van der Waals surface area contributed by atoms with Gasteiger partial charge in [-0.2, -0.15) is 0 Å². The smallest absolute Gasteiger partial charge is 0.169 e. The monoisotopic (exact) mass is 239 g/mol. The van der Waals surface area contributed by atoms with Gasteiger partial charge in [0.05, 0.1) is 12.7 Å². The molecule has 0 aliphatic carbocycles. The summed E-state index contributed by atoms with van der Waals surface area (Å²) >= 11 is 0. The number of rotatable bonds is 4. The molecular weight excluding hydrogens is 221 g/mol. The highest BCUT2D eigenvalue weighted by Crippen LogP contribution is 2.28. The number of methoxy groups -OCH3 is 1. The maximum atomic E-state index is 13.9. The van der Waals surface area contributed by atoms with E-state index in [1.807, 2.05) is 11.8 Å². The normalized spacial score (nSPS) is 18.8. The number of hydrogen-bond donors (Lipinski definition) is 1. The second kappa shape index (κ2) is 4.63. The van der Waals surface area contributed by atoms with E-state index in [0.717, 1.165) is 6.42 Å². The van der Waals surface area contributed by atoms with Crippen molar-refractivity contribution in [2.45, 2.75) is 25.5 Å². The molecule has 1 aromatic rings. The molecule has 0 spiro atoms. The Labute approximate surface area is 101 Å². The average Bonchev–Trinajstić information content (AvgIpc) is 2.29. The molecule has 0 amide bonds. The van der Waals surface area contributed by atoms with Crippen molar-refractivity contribution in [2.24, 2.45) is 0 Å². The summed E-state index contributed by atoms with van der Waals surface area (Å²) in [6.45, 7) is 3.70. The first-order valence-electron chi connectivity index (χ1n) is 5.84. The van der Waals surface area contributed by atoms with Gasteiger partial charge in [-0.25, -0.2) is 4.39 Å². The summed E-state index contributed by atoms with van der Waals surface area (Å²) in [5.41, 5.74) is 0.0394. The lowest BCUT2D eigenvalue weighted by Crippen LogP contribution is -2.60. The highest BCUT2D eigenvalue weighted by atomic mass is 19.1. The van der Waals surface area contributed by atoms with Crippen LogP contribution in [0.4, 0.5) is 4.39 Å². The minimum atomic E-state index is -0.574. The molecule has 0 unspecified atom stereocenters. The Morgan fingerprint density at radius 3 is 2.76 bits per heavy atom. The summed E-state index contributed by atoms with van der Waals surface area (Å²) in [5, 5.41) is 9.88. The van der Waals surface area contributed by atoms with Gasteiger partial charge in [-0.05, 0) is 12.5 Å². The Hall–Kier alpha value is -1.13. The molecule has 1 N–H and O–H groups in total. The number of nitrogens with zero attached hydrogens (tertiary/aromatic N) is 1. The Morgan fingerprint density at radius 2 is 2.18 bits per heavy atom. The molecule has 17 heavy (non-hydrogen) atoms. The van der Waals surface area contributed by atoms with Crippen LogP contribution < -0.4 is 4.74 Å². The molecule has 1 aliphatic heterocycles. The molecule has 0 radical (unpaired) electrons. The first-order valence-corrected chi connectivity index (χ1v) is 5.84. The largest absolute Gasteiger partial charge is 0.494 e. The maximum Gasteiger partial charge on any atom is 0.169 e. The van der Waals surface area contributed by atoms with Gasteiger partial charge >= 0.3 is 0 Å². The number of benzene rings is 1. The molecule has 1 aliphatic rings. The molecule has 94 valence electrons. The maximum absolute atomic E-state index is 13.9. The lowest BCUT2D eigenvalue weighted by molar-refractivity contribution is -0.103. The second-order valence-corrected chi connectivity index (χ2v) is 4.66. The number of aliphatic hydroxyl groups is 1. The SMILES string of the molecule is CCC1(O)CN(Cc2cccc(OC)c2F)C1. The van der Waals surface area contributed by atoms with Gasteiger partial charge < -0.3 is 9.84 Å². The quantitative estimate of drug-likeness (QED) is 0.869. The van der Waals surface area contributed by atoms with Crippen molar-refractivity contribution >= 4 is 0 Å². The van der Waals surface area contributed by atoms with Crippen molar-refractivity contribution in [1.82, 2.24) is 4.90 Å². The molecule has 2 rings (SSSR count). The predicted octanol–water partition coefficient (Wildman–Crippen LogP) is 1.79. The highest BCUT2D eigenvalue weighted by Gasteiger charge is 2.39. The molecule has 4 heteroatoms. The third kappa shape index (κ3) is 2.42. The van der Waals surface area contributed by atoms with Crippen LogP contribution in [0.25, 0.3) is 0 Å². The van der Waals surface area contributed by atoms with E-state index in [9.17, 15) is 9.50 Å². The molecule has 0 atom stereocenters. The van der Waals surface area contributed by atoms with Crippen LogP contribution >= 0.6 is 0 Å². The fourth-order valence-electron chi connectivity index (χ4n) is 2.20. The van der Waals surface area contributed by atoms with Crippen LogP contribution in [0, 0.1) is 5.82 Å². The van der Waals surface area contributed by atoms with Crippen LogP contribution in [-0.4, -0.2) is 35.8 Å². The van der Waals surface area contributed by atoms with E-state index in [0.29, 0.717) is 25.2 Å². The summed E-state index contributed by atoms with van der Waals surface area (Å²) < 4.78 is 18.8. The van der Waals surface area contributed by atoms with E-state index in [1.165, 1.54) is 7.11 Å². The topological polar surface area (TPSA) is 32.7 Å². The molecule has 3 nitrogen and oxygen atoms in total. The Morgan fingerprint density at radius 1 is 1.47 bits per heavy atom. The lowest BCUT2D eigenvalue weighted by atomic mass is 9.91. The summed E-state index contributed by atoms with van der Waals surface area (Å²) in [7, 11) is 1.46. The summed E-state index contributed by atoms with van der Waals surface area (Å²) in [5.74, 6) is -0.0317. The minimum absolute atomic E-state index is 0.272. The van der Waals surface area contributed by atoms with Gasteiger partial charge in [0.1, 0.15) is 0 Å². The summed E-state index contributed by atoms with van der Waals surface area (Å²) in [4.78, 5) is 2.03. The number of β-amino-alcohol motifs (C(OH)–C–C–N with tert-alkyl or cyclic N) is 1. The Balaban J connectivity index is 2.01. The van der Waals surface area contributed by atoms with Gasteiger partial charge in [0.15, 0.2) is 11.6 Å². The van der Waals surface area contributed by atoms with Gasteiger partial charge in [0, 0.05) is 25.2 Å². The first-order chi connectivity index (χ1) is 8.08. The predicted molar refractivity (Wildman–Crippen MR) is 63.5 cm³/mol. The fraction of sp³-hybridized carbons (Fsp3) is 0.538. The van der Waals surface area contributed by atoms with Crippen LogP contribution in [-0.2, 0) is 6.54 Å². The van der Waals surface area contributed by atoms with Crippen LogP contribution in [0.2, 0.25) is 0 Å². The van der Waals surface area contributed by atoms with Crippen molar-refractivity contribution < 1.29 is 14.2 Å². The van der Waals surface area contributed by atoms with Gasteiger partial charge in [-0.15, -0.1) is 0 Å². The van der Waals surface area contributed by atoms with E-state index in [4.69, 9.17) is 4.74 Å². The molecule has 1 aromatic carbocycles. The van der Waals surface area contributed by atoms with Crippen LogP contribution in [0.3, 0.4) is 0 Å². The molecular formula is C13H18FNO2. The van der Waals surface area contributed by atoms with Crippen molar-refractivity contribution in [3.63, 3.8) is 0 Å². The molecule has 0 aromatic heterocycles. The van der Waals surface area contributed by atoms with Crippen molar-refractivity contribution in [1.29, 1.82) is 0 Å². The molecule has 1 saturated heterocycles. The molecule has 0 bridgehead atoms. The first kappa shape index (κ1) is 12.3. The van der Waals surface area contributed by atoms with Crippen LogP contribution in [0.5, 0.6) is 5.75 Å². The second-order valence-electron chi connectivity index (χ2n) is 4.66. The Bertz CT molecular complexity index is 402. The van der Waals surface area contributed by atoms with E-state index in [-0.39, 0.29) is 11.6 Å². The Kier molecular flexibility index (Phi) is 3.35. The molecule has 1 fully saturated rings. The number of likely N-dealkylation sites (tertiary alicyclic amines) is 1. The van der Waals surface area contributed by atoms with E-state index < -0.39 is 5.60 Å². The zero-order chi connectivity index (χ0) is 12.5. The van der Waals surface area contributed by atoms with Gasteiger partial charge in [0.25, 0.3) is 0 Å². The van der Waals surface area contributed by atoms with E-state index >= 15 is 0 Å². The number of ether oxygens (including phenoxy) is 1. The zero-order valence-electron chi connectivity index (χ0n) is 10.2. The lowest BCUT2D eigenvalue weighted by Gasteiger charge is -2.46.